The van der Waals surface area contributed by atoms with Crippen molar-refractivity contribution in [2.24, 2.45) is 21.8 Å². The second-order valence-corrected chi connectivity index (χ2v) is 11.1. The predicted molar refractivity (Wildman–Crippen MR) is 134 cm³/mol. The highest BCUT2D eigenvalue weighted by Crippen LogP contribution is 2.32. The van der Waals surface area contributed by atoms with Crippen LogP contribution < -0.4 is 16.0 Å². The van der Waals surface area contributed by atoms with Crippen molar-refractivity contribution >= 4 is 39.3 Å². The van der Waals surface area contributed by atoms with E-state index in [0.717, 1.165) is 18.0 Å². The number of alkyl halides is 3. The number of nitrogens with one attached hydrogen (secondary N) is 3. The van der Waals surface area contributed by atoms with Crippen molar-refractivity contribution in [2.45, 2.75) is 44.9 Å². The van der Waals surface area contributed by atoms with E-state index in [2.05, 4.69) is 25.9 Å². The first-order chi connectivity index (χ1) is 16.9. The zero-order valence-corrected chi connectivity index (χ0v) is 20.7. The summed E-state index contributed by atoms with van der Waals surface area (Å²) in [6.07, 6.45) is 1.54. The largest absolute Gasteiger partial charge is 0.400 e. The monoisotopic (exact) mass is 523 g/mol. The van der Waals surface area contributed by atoms with Crippen LogP contribution in [0.1, 0.15) is 31.7 Å². The minimum Gasteiger partial charge on any atom is -0.326 e. The molecule has 8 nitrogen and oxygen atoms in total. The SMILES string of the molecule is CCC1CC=C(CNC2N=C(Nc3ccc4c(c3)CCC(=O)N4)N=CC2C(F)(F)F)C=C1S(C)(=O)=O. The molecule has 4 rings (SSSR count). The number of nitrogens with zero attached hydrogens (tertiary/aromatic N) is 2. The lowest BCUT2D eigenvalue weighted by Gasteiger charge is -2.28. The Morgan fingerprint density at radius 2 is 2.00 bits per heavy atom. The molecule has 1 aromatic carbocycles. The van der Waals surface area contributed by atoms with E-state index >= 15 is 0 Å². The molecule has 0 radical (unpaired) electrons. The number of rotatable bonds is 6. The Labute approximate surface area is 207 Å². The molecule has 0 bridgehead atoms. The van der Waals surface area contributed by atoms with E-state index in [1.807, 2.05) is 13.0 Å². The van der Waals surface area contributed by atoms with Gasteiger partial charge in [-0.2, -0.15) is 13.2 Å². The summed E-state index contributed by atoms with van der Waals surface area (Å²) in [6.45, 7) is 1.92. The summed E-state index contributed by atoms with van der Waals surface area (Å²) >= 11 is 0. The molecule has 3 unspecified atom stereocenters. The van der Waals surface area contributed by atoms with E-state index in [0.29, 0.717) is 47.5 Å². The summed E-state index contributed by atoms with van der Waals surface area (Å²) in [5.74, 6) is -2.11. The number of aliphatic imine (C=N–C) groups is 2. The van der Waals surface area contributed by atoms with Crippen LogP contribution in [0.3, 0.4) is 0 Å². The number of amides is 1. The van der Waals surface area contributed by atoms with Crippen molar-refractivity contribution in [3.05, 3.63) is 46.4 Å². The number of anilines is 2. The zero-order valence-electron chi connectivity index (χ0n) is 19.9. The van der Waals surface area contributed by atoms with Gasteiger partial charge in [0, 0.05) is 41.7 Å². The molecule has 0 saturated carbocycles. The fourth-order valence-corrected chi connectivity index (χ4v) is 5.70. The minimum absolute atomic E-state index is 0.0174. The van der Waals surface area contributed by atoms with E-state index in [9.17, 15) is 26.4 Å². The molecule has 0 aromatic heterocycles. The Bertz CT molecular complexity index is 1270. The van der Waals surface area contributed by atoms with Crippen molar-refractivity contribution in [3.63, 3.8) is 0 Å². The van der Waals surface area contributed by atoms with Crippen LogP contribution in [0.4, 0.5) is 24.5 Å². The van der Waals surface area contributed by atoms with Crippen molar-refractivity contribution in [1.29, 1.82) is 0 Å². The molecule has 1 aromatic rings. The number of carbonyl (C=O) groups is 1. The van der Waals surface area contributed by atoms with Crippen molar-refractivity contribution < 1.29 is 26.4 Å². The topological polar surface area (TPSA) is 112 Å². The fraction of sp³-hybridized carbons (Fsp3) is 0.458. The lowest BCUT2D eigenvalue weighted by Crippen LogP contribution is -2.46. The first kappa shape index (κ1) is 26.1. The number of guanidine groups is 1. The number of aryl methyl sites for hydroxylation is 1. The van der Waals surface area contributed by atoms with Crippen LogP contribution >= 0.6 is 0 Å². The average Bonchev–Trinajstić information content (AvgIpc) is 2.81. The van der Waals surface area contributed by atoms with Gasteiger partial charge < -0.3 is 10.6 Å². The third kappa shape index (κ3) is 6.04. The van der Waals surface area contributed by atoms with Gasteiger partial charge in [-0.1, -0.05) is 13.0 Å². The molecule has 1 amide bonds. The zero-order chi connectivity index (χ0) is 26.1. The number of carbonyl (C=O) groups excluding carboxylic acids is 1. The van der Waals surface area contributed by atoms with E-state index in [1.54, 1.807) is 24.3 Å². The van der Waals surface area contributed by atoms with Gasteiger partial charge in [-0.15, -0.1) is 0 Å². The Kier molecular flexibility index (Phi) is 7.37. The molecule has 1 aliphatic carbocycles. The summed E-state index contributed by atoms with van der Waals surface area (Å²) in [6, 6.07) is 5.22. The molecule has 3 atom stereocenters. The maximum atomic E-state index is 13.7. The van der Waals surface area contributed by atoms with Crippen molar-refractivity contribution in [2.75, 3.05) is 23.4 Å². The molecule has 0 saturated heterocycles. The highest BCUT2D eigenvalue weighted by Gasteiger charge is 2.45. The maximum absolute atomic E-state index is 13.7. The van der Waals surface area contributed by atoms with Crippen molar-refractivity contribution in [3.8, 4) is 0 Å². The van der Waals surface area contributed by atoms with Crippen molar-refractivity contribution in [1.82, 2.24) is 5.32 Å². The number of fused-ring (bicyclic) bond motifs is 1. The first-order valence-corrected chi connectivity index (χ1v) is 13.6. The van der Waals surface area contributed by atoms with Gasteiger partial charge in [-0.25, -0.2) is 18.4 Å². The van der Waals surface area contributed by atoms with Gasteiger partial charge in [0.15, 0.2) is 9.84 Å². The van der Waals surface area contributed by atoms with E-state index in [-0.39, 0.29) is 24.3 Å². The van der Waals surface area contributed by atoms with E-state index in [1.165, 1.54) is 0 Å². The lowest BCUT2D eigenvalue weighted by atomic mass is 9.94. The van der Waals surface area contributed by atoms with Crippen LogP contribution in [0.2, 0.25) is 0 Å². The third-order valence-corrected chi connectivity index (χ3v) is 7.73. The Hall–Kier alpha value is -2.99. The van der Waals surface area contributed by atoms with Gasteiger partial charge in [0.25, 0.3) is 0 Å². The van der Waals surface area contributed by atoms with E-state index < -0.39 is 28.1 Å². The predicted octanol–water partition coefficient (Wildman–Crippen LogP) is 3.80. The van der Waals surface area contributed by atoms with Gasteiger partial charge in [0.05, 0.1) is 0 Å². The molecule has 3 N–H and O–H groups in total. The van der Waals surface area contributed by atoms with Crippen LogP contribution in [0.15, 0.2) is 50.8 Å². The van der Waals surface area contributed by atoms with Gasteiger partial charge >= 0.3 is 6.18 Å². The average molecular weight is 524 g/mol. The number of sulfone groups is 1. The summed E-state index contributed by atoms with van der Waals surface area (Å²) < 4.78 is 65.4. The van der Waals surface area contributed by atoms with Gasteiger partial charge in [-0.3, -0.25) is 10.1 Å². The molecule has 2 heterocycles. The molecule has 0 fully saturated rings. The second kappa shape index (κ2) is 10.2. The molecule has 12 heteroatoms. The number of hydrogen-bond acceptors (Lipinski definition) is 7. The minimum atomic E-state index is -4.57. The fourth-order valence-electron chi connectivity index (χ4n) is 4.46. The third-order valence-electron chi connectivity index (χ3n) is 6.42. The highest BCUT2D eigenvalue weighted by molar-refractivity contribution is 7.94. The number of benzene rings is 1. The Morgan fingerprint density at radius 1 is 1.22 bits per heavy atom. The molecular formula is C24H28F3N5O3S. The summed E-state index contributed by atoms with van der Waals surface area (Å²) in [7, 11) is -3.42. The normalized spacial score (nSPS) is 24.3. The standard InChI is InChI=1S/C24H28F3N5O3S/c1-3-15-5-4-14(10-20(15)36(2,34)35)12-28-22-18(24(25,26)27)13-29-23(32-22)30-17-7-8-19-16(11-17)6-9-21(33)31-19/h4,7-8,10-11,13,15,18,22,28H,3,5-6,9,12H2,1-2H3,(H,30,32)(H,31,33). The lowest BCUT2D eigenvalue weighted by molar-refractivity contribution is -0.160. The molecule has 36 heavy (non-hydrogen) atoms. The number of allylic oxidation sites excluding steroid dienone is 2. The number of hydrogen-bond donors (Lipinski definition) is 3. The molecule has 2 aliphatic heterocycles. The summed E-state index contributed by atoms with van der Waals surface area (Å²) in [4.78, 5) is 19.9. The highest BCUT2D eigenvalue weighted by atomic mass is 32.2. The molecular weight excluding hydrogens is 495 g/mol. The van der Waals surface area contributed by atoms with E-state index in [4.69, 9.17) is 0 Å². The maximum Gasteiger partial charge on any atom is 0.400 e. The molecule has 194 valence electrons. The smallest absolute Gasteiger partial charge is 0.326 e. The Balaban J connectivity index is 1.51. The van der Waals surface area contributed by atoms with Gasteiger partial charge in [0.1, 0.15) is 12.1 Å². The van der Waals surface area contributed by atoms with Crippen LogP contribution in [0.5, 0.6) is 0 Å². The molecule has 0 spiro atoms. The first-order valence-electron chi connectivity index (χ1n) is 11.7. The second-order valence-electron chi connectivity index (χ2n) is 9.11. The van der Waals surface area contributed by atoms with Crippen LogP contribution in [-0.4, -0.2) is 51.6 Å². The van der Waals surface area contributed by atoms with Crippen LogP contribution in [0.25, 0.3) is 0 Å². The summed E-state index contributed by atoms with van der Waals surface area (Å²) in [5.41, 5.74) is 2.80. The molecule has 3 aliphatic rings. The van der Waals surface area contributed by atoms with Gasteiger partial charge in [-0.05, 0) is 60.6 Å². The Morgan fingerprint density at radius 3 is 2.69 bits per heavy atom. The van der Waals surface area contributed by atoms with Crippen LogP contribution in [0, 0.1) is 11.8 Å². The quantitative estimate of drug-likeness (QED) is 0.525. The van der Waals surface area contributed by atoms with Gasteiger partial charge in [0.2, 0.25) is 11.9 Å². The number of halogens is 3. The summed E-state index contributed by atoms with van der Waals surface area (Å²) in [5, 5.41) is 8.56. The van der Waals surface area contributed by atoms with Crippen LogP contribution in [-0.2, 0) is 21.1 Å².